The highest BCUT2D eigenvalue weighted by Gasteiger charge is 2.16. The summed E-state index contributed by atoms with van der Waals surface area (Å²) < 4.78 is 7.57. The van der Waals surface area contributed by atoms with E-state index in [1.165, 1.54) is 6.08 Å². The Labute approximate surface area is 179 Å². The normalized spacial score (nSPS) is 11.6. The fourth-order valence-corrected chi connectivity index (χ4v) is 3.91. The Morgan fingerprint density at radius 3 is 2.48 bits per heavy atom. The maximum atomic E-state index is 12.2. The molecule has 31 heavy (non-hydrogen) atoms. The van der Waals surface area contributed by atoms with Gasteiger partial charge >= 0.3 is 5.97 Å². The summed E-state index contributed by atoms with van der Waals surface area (Å²) in [7, 11) is 0. The first-order valence-electron chi connectivity index (χ1n) is 10.2. The minimum Gasteiger partial charge on any atom is -0.461 e. The summed E-state index contributed by atoms with van der Waals surface area (Å²) in [5.41, 5.74) is 6.55. The van der Waals surface area contributed by atoms with Crippen LogP contribution in [-0.2, 0) is 16.1 Å². The first kappa shape index (κ1) is 19.0. The standard InChI is InChI=1S/C26H21N3O2/c1-18-8-7-11-20-24-26(28-22-13-6-5-12-21(22)27-24)29(25(18)20)16-17-31-23(30)15-14-19-9-3-2-4-10-19/h2-15H,16-17H2,1H3/b15-14+. The van der Waals surface area contributed by atoms with Crippen LogP contribution in [0.2, 0.25) is 0 Å². The van der Waals surface area contributed by atoms with Gasteiger partial charge in [0.05, 0.1) is 23.1 Å². The second kappa shape index (κ2) is 8.03. The Bertz CT molecular complexity index is 1440. The van der Waals surface area contributed by atoms with Gasteiger partial charge in [-0.1, -0.05) is 60.7 Å². The van der Waals surface area contributed by atoms with Crippen molar-refractivity contribution in [3.63, 3.8) is 0 Å². The molecule has 5 heteroatoms. The molecule has 0 unspecified atom stereocenters. The first-order valence-corrected chi connectivity index (χ1v) is 10.2. The van der Waals surface area contributed by atoms with Gasteiger partial charge < -0.3 is 9.30 Å². The van der Waals surface area contributed by atoms with Gasteiger partial charge in [0, 0.05) is 11.5 Å². The molecule has 0 radical (unpaired) electrons. The Kier molecular flexibility index (Phi) is 4.92. The van der Waals surface area contributed by atoms with Crippen LogP contribution in [0.4, 0.5) is 0 Å². The number of esters is 1. The SMILES string of the molecule is Cc1cccc2c3nc4ccccc4nc3n(CCOC(=O)/C=C/c3ccccc3)c12. The number of nitrogens with zero attached hydrogens (tertiary/aromatic N) is 3. The fraction of sp³-hybridized carbons (Fsp3) is 0.115. The van der Waals surface area contributed by atoms with Crippen molar-refractivity contribution in [3.05, 3.63) is 90.0 Å². The molecule has 2 heterocycles. The number of hydrogen-bond acceptors (Lipinski definition) is 4. The van der Waals surface area contributed by atoms with Crippen LogP contribution >= 0.6 is 0 Å². The molecule has 0 aliphatic heterocycles. The highest BCUT2D eigenvalue weighted by molar-refractivity contribution is 6.07. The summed E-state index contributed by atoms with van der Waals surface area (Å²) in [6, 6.07) is 23.7. The van der Waals surface area contributed by atoms with Gasteiger partial charge in [0.25, 0.3) is 0 Å². The molecule has 0 saturated heterocycles. The van der Waals surface area contributed by atoms with Crippen LogP contribution in [0.5, 0.6) is 0 Å². The minimum atomic E-state index is -0.363. The topological polar surface area (TPSA) is 57.0 Å². The average Bonchev–Trinajstić information content (AvgIpc) is 3.11. The number of rotatable bonds is 5. The molecule has 0 saturated carbocycles. The smallest absolute Gasteiger partial charge is 0.330 e. The molecule has 5 rings (SSSR count). The maximum Gasteiger partial charge on any atom is 0.330 e. The van der Waals surface area contributed by atoms with Crippen LogP contribution in [0.1, 0.15) is 11.1 Å². The summed E-state index contributed by atoms with van der Waals surface area (Å²) in [5, 5.41) is 1.06. The number of carbonyl (C=O) groups excluding carboxylic acids is 1. The van der Waals surface area contributed by atoms with Crippen molar-refractivity contribution in [2.45, 2.75) is 13.5 Å². The molecule has 0 spiro atoms. The summed E-state index contributed by atoms with van der Waals surface area (Å²) >= 11 is 0. The monoisotopic (exact) mass is 407 g/mol. The molecule has 0 aliphatic carbocycles. The second-order valence-corrected chi connectivity index (χ2v) is 7.42. The highest BCUT2D eigenvalue weighted by Crippen LogP contribution is 2.30. The van der Waals surface area contributed by atoms with Gasteiger partial charge in [-0.3, -0.25) is 0 Å². The molecule has 0 aliphatic rings. The van der Waals surface area contributed by atoms with Crippen molar-refractivity contribution in [1.82, 2.24) is 14.5 Å². The maximum absolute atomic E-state index is 12.2. The number of benzene rings is 3. The van der Waals surface area contributed by atoms with Crippen LogP contribution in [0.25, 0.3) is 39.2 Å². The van der Waals surface area contributed by atoms with Crippen LogP contribution in [0.15, 0.2) is 78.9 Å². The van der Waals surface area contributed by atoms with Crippen molar-refractivity contribution in [2.75, 3.05) is 6.61 Å². The van der Waals surface area contributed by atoms with Gasteiger partial charge in [-0.05, 0) is 36.3 Å². The Morgan fingerprint density at radius 1 is 0.935 bits per heavy atom. The van der Waals surface area contributed by atoms with E-state index in [1.54, 1.807) is 6.08 Å². The molecular weight excluding hydrogens is 386 g/mol. The number of ether oxygens (including phenoxy) is 1. The van der Waals surface area contributed by atoms with Crippen molar-refractivity contribution in [1.29, 1.82) is 0 Å². The molecule has 5 nitrogen and oxygen atoms in total. The largest absolute Gasteiger partial charge is 0.461 e. The van der Waals surface area contributed by atoms with E-state index in [2.05, 4.69) is 23.6 Å². The lowest BCUT2D eigenvalue weighted by Crippen LogP contribution is -2.10. The number of para-hydroxylation sites is 3. The fourth-order valence-electron chi connectivity index (χ4n) is 3.91. The van der Waals surface area contributed by atoms with Crippen molar-refractivity contribution in [3.8, 4) is 0 Å². The molecule has 0 atom stereocenters. The lowest BCUT2D eigenvalue weighted by atomic mass is 10.1. The first-order chi connectivity index (χ1) is 15.2. The summed E-state index contributed by atoms with van der Waals surface area (Å²) in [4.78, 5) is 21.9. The molecule has 3 aromatic carbocycles. The third-order valence-electron chi connectivity index (χ3n) is 5.34. The molecule has 0 fully saturated rings. The predicted molar refractivity (Wildman–Crippen MR) is 124 cm³/mol. The van der Waals surface area contributed by atoms with Crippen molar-refractivity contribution >= 4 is 45.1 Å². The Hall–Kier alpha value is -3.99. The zero-order valence-electron chi connectivity index (χ0n) is 17.2. The van der Waals surface area contributed by atoms with E-state index >= 15 is 0 Å². The Morgan fingerprint density at radius 2 is 1.68 bits per heavy atom. The lowest BCUT2D eigenvalue weighted by Gasteiger charge is -2.09. The third-order valence-corrected chi connectivity index (χ3v) is 5.34. The van der Waals surface area contributed by atoms with Crippen LogP contribution in [-0.4, -0.2) is 27.1 Å². The van der Waals surface area contributed by atoms with E-state index in [0.717, 1.165) is 44.2 Å². The third kappa shape index (κ3) is 3.66. The van der Waals surface area contributed by atoms with E-state index in [1.807, 2.05) is 60.7 Å². The molecule has 0 amide bonds. The average molecular weight is 407 g/mol. The van der Waals surface area contributed by atoms with Crippen LogP contribution < -0.4 is 0 Å². The van der Waals surface area contributed by atoms with Crippen LogP contribution in [0, 0.1) is 6.92 Å². The van der Waals surface area contributed by atoms with Gasteiger partial charge in [-0.2, -0.15) is 0 Å². The van der Waals surface area contributed by atoms with Crippen molar-refractivity contribution < 1.29 is 9.53 Å². The summed E-state index contributed by atoms with van der Waals surface area (Å²) in [6.45, 7) is 2.83. The number of fused-ring (bicyclic) bond motifs is 4. The molecule has 0 N–H and O–H groups in total. The summed E-state index contributed by atoms with van der Waals surface area (Å²) in [5.74, 6) is -0.363. The van der Waals surface area contributed by atoms with E-state index in [4.69, 9.17) is 14.7 Å². The molecule has 2 aromatic heterocycles. The highest BCUT2D eigenvalue weighted by atomic mass is 16.5. The van der Waals surface area contributed by atoms with Crippen LogP contribution in [0.3, 0.4) is 0 Å². The van der Waals surface area contributed by atoms with E-state index in [0.29, 0.717) is 6.54 Å². The number of hydrogen-bond donors (Lipinski definition) is 0. The van der Waals surface area contributed by atoms with E-state index in [9.17, 15) is 4.79 Å². The van der Waals surface area contributed by atoms with Gasteiger partial charge in [0.1, 0.15) is 12.1 Å². The molecule has 152 valence electrons. The number of carbonyl (C=O) groups is 1. The zero-order chi connectivity index (χ0) is 21.2. The van der Waals surface area contributed by atoms with Gasteiger partial charge in [-0.15, -0.1) is 0 Å². The second-order valence-electron chi connectivity index (χ2n) is 7.42. The Balaban J connectivity index is 1.45. The summed E-state index contributed by atoms with van der Waals surface area (Å²) in [6.07, 6.45) is 3.21. The van der Waals surface area contributed by atoms with Gasteiger partial charge in [-0.25, -0.2) is 14.8 Å². The van der Waals surface area contributed by atoms with Gasteiger partial charge in [0.15, 0.2) is 5.65 Å². The predicted octanol–water partition coefficient (Wildman–Crippen LogP) is 5.30. The number of aromatic nitrogens is 3. The van der Waals surface area contributed by atoms with Gasteiger partial charge in [0.2, 0.25) is 0 Å². The molecule has 5 aromatic rings. The lowest BCUT2D eigenvalue weighted by molar-refractivity contribution is -0.137. The zero-order valence-corrected chi connectivity index (χ0v) is 17.2. The molecule has 0 bridgehead atoms. The molecular formula is C26H21N3O2. The number of aryl methyl sites for hydroxylation is 1. The van der Waals surface area contributed by atoms with E-state index < -0.39 is 0 Å². The van der Waals surface area contributed by atoms with Crippen molar-refractivity contribution in [2.24, 2.45) is 0 Å². The quantitative estimate of drug-likeness (QED) is 0.293. The minimum absolute atomic E-state index is 0.250. The van der Waals surface area contributed by atoms with E-state index in [-0.39, 0.29) is 12.6 Å².